The highest BCUT2D eigenvalue weighted by molar-refractivity contribution is 6.23. The van der Waals surface area contributed by atoms with E-state index in [4.69, 9.17) is 0 Å². The maximum absolute atomic E-state index is 13.2. The number of allylic oxidation sites excluding steroid dienone is 3. The number of carbonyl (C=O) groups is 2. The maximum Gasteiger partial charge on any atom is 0.192 e. The van der Waals surface area contributed by atoms with Crippen molar-refractivity contribution in [1.82, 2.24) is 5.32 Å². The predicted molar refractivity (Wildman–Crippen MR) is 107 cm³/mol. The van der Waals surface area contributed by atoms with Gasteiger partial charge in [0, 0.05) is 33.9 Å². The Kier molecular flexibility index (Phi) is 4.11. The zero-order valence-corrected chi connectivity index (χ0v) is 16.1. The van der Waals surface area contributed by atoms with Crippen molar-refractivity contribution >= 4 is 17.3 Å². The molecule has 27 heavy (non-hydrogen) atoms. The van der Waals surface area contributed by atoms with Gasteiger partial charge in [-0.15, -0.1) is 0 Å². The molecule has 0 aromatic heterocycles. The Balaban J connectivity index is 1.91. The summed E-state index contributed by atoms with van der Waals surface area (Å²) in [5.41, 5.74) is 6.88. The summed E-state index contributed by atoms with van der Waals surface area (Å²) in [6, 6.07) is 16.0. The Labute approximate surface area is 159 Å². The van der Waals surface area contributed by atoms with E-state index < -0.39 is 0 Å². The van der Waals surface area contributed by atoms with E-state index in [1.807, 2.05) is 31.2 Å². The number of nitrogens with one attached hydrogen (secondary N) is 1. The van der Waals surface area contributed by atoms with E-state index in [9.17, 15) is 9.59 Å². The molecular formula is C24H23NO2. The van der Waals surface area contributed by atoms with Gasteiger partial charge >= 0.3 is 0 Å². The number of rotatable bonds is 3. The fraction of sp³-hybridized carbons (Fsp3) is 0.250. The van der Waals surface area contributed by atoms with Gasteiger partial charge in [0.15, 0.2) is 11.6 Å². The lowest BCUT2D eigenvalue weighted by atomic mass is 9.78. The third kappa shape index (κ3) is 2.66. The Morgan fingerprint density at radius 2 is 1.63 bits per heavy atom. The molecule has 4 rings (SSSR count). The van der Waals surface area contributed by atoms with Crippen LogP contribution in [0.3, 0.4) is 0 Å². The van der Waals surface area contributed by atoms with E-state index in [0.29, 0.717) is 22.6 Å². The zero-order valence-electron chi connectivity index (χ0n) is 16.1. The number of carbonyl (C=O) groups excluding carboxylic acids is 2. The van der Waals surface area contributed by atoms with Crippen LogP contribution in [0.5, 0.6) is 0 Å². The van der Waals surface area contributed by atoms with E-state index in [2.05, 4.69) is 43.4 Å². The summed E-state index contributed by atoms with van der Waals surface area (Å²) in [6.07, 6.45) is 0. The molecule has 1 unspecified atom stereocenters. The van der Waals surface area contributed by atoms with E-state index in [-0.39, 0.29) is 17.5 Å². The van der Waals surface area contributed by atoms with E-state index >= 15 is 0 Å². The highest BCUT2D eigenvalue weighted by Crippen LogP contribution is 2.46. The standard InChI is InChI=1S/C24H23NO2/c1-13(2)16-9-11-17(12-10-16)21-20(15(4)26)14(3)25-23-18-7-5-6-8-19(18)24(27)22(21)23/h5-13,21,25H,1-4H3. The van der Waals surface area contributed by atoms with Crippen molar-refractivity contribution in [2.24, 2.45) is 0 Å². The normalized spacial score (nSPS) is 18.6. The Hall–Kier alpha value is -2.94. The average molecular weight is 357 g/mol. The van der Waals surface area contributed by atoms with Crippen LogP contribution in [-0.2, 0) is 4.79 Å². The number of fused-ring (bicyclic) bond motifs is 2. The lowest BCUT2D eigenvalue weighted by Gasteiger charge is -2.29. The van der Waals surface area contributed by atoms with Crippen molar-refractivity contribution in [1.29, 1.82) is 0 Å². The van der Waals surface area contributed by atoms with Crippen LogP contribution < -0.4 is 5.32 Å². The summed E-state index contributed by atoms with van der Waals surface area (Å²) >= 11 is 0. The van der Waals surface area contributed by atoms with E-state index in [1.54, 1.807) is 6.92 Å². The minimum Gasteiger partial charge on any atom is -0.358 e. The third-order valence-corrected chi connectivity index (χ3v) is 5.56. The van der Waals surface area contributed by atoms with Crippen LogP contribution >= 0.6 is 0 Å². The number of Topliss-reactive ketones (excluding diaryl/α,β-unsaturated/α-hetero) is 2. The Morgan fingerprint density at radius 1 is 1.00 bits per heavy atom. The first-order valence-corrected chi connectivity index (χ1v) is 9.37. The van der Waals surface area contributed by atoms with Crippen LogP contribution in [0.1, 0.15) is 66.6 Å². The second kappa shape index (κ2) is 6.34. The molecule has 2 aromatic carbocycles. The van der Waals surface area contributed by atoms with Crippen LogP contribution in [0.15, 0.2) is 65.4 Å². The molecule has 1 atom stereocenters. The monoisotopic (exact) mass is 357 g/mol. The smallest absolute Gasteiger partial charge is 0.192 e. The molecule has 0 radical (unpaired) electrons. The molecule has 0 saturated heterocycles. The summed E-state index contributed by atoms with van der Waals surface area (Å²) in [4.78, 5) is 25.7. The van der Waals surface area contributed by atoms with Crippen molar-refractivity contribution in [3.63, 3.8) is 0 Å². The van der Waals surface area contributed by atoms with Gasteiger partial charge in [-0.2, -0.15) is 0 Å². The van der Waals surface area contributed by atoms with Crippen LogP contribution in [-0.4, -0.2) is 11.6 Å². The Bertz CT molecular complexity index is 1020. The summed E-state index contributed by atoms with van der Waals surface area (Å²) in [5, 5.41) is 3.34. The molecule has 1 aliphatic heterocycles. The van der Waals surface area contributed by atoms with Crippen molar-refractivity contribution in [2.75, 3.05) is 0 Å². The molecule has 0 saturated carbocycles. The molecule has 0 bridgehead atoms. The highest BCUT2D eigenvalue weighted by Gasteiger charge is 2.41. The molecule has 1 aliphatic carbocycles. The minimum atomic E-state index is -0.333. The molecule has 3 nitrogen and oxygen atoms in total. The summed E-state index contributed by atoms with van der Waals surface area (Å²) in [5.74, 6) is 0.106. The topological polar surface area (TPSA) is 46.2 Å². The first-order valence-electron chi connectivity index (χ1n) is 9.37. The maximum atomic E-state index is 13.2. The molecule has 0 spiro atoms. The van der Waals surface area contributed by atoms with Crippen LogP contribution in [0.2, 0.25) is 0 Å². The van der Waals surface area contributed by atoms with Gasteiger partial charge in [0.25, 0.3) is 0 Å². The second-order valence-corrected chi connectivity index (χ2v) is 7.64. The van der Waals surface area contributed by atoms with Gasteiger partial charge in [0.05, 0.1) is 5.70 Å². The molecule has 2 aliphatic rings. The molecule has 136 valence electrons. The van der Waals surface area contributed by atoms with Crippen molar-refractivity contribution in [3.8, 4) is 0 Å². The number of hydrogen-bond acceptors (Lipinski definition) is 3. The average Bonchev–Trinajstić information content (AvgIpc) is 2.93. The third-order valence-electron chi connectivity index (χ3n) is 5.56. The van der Waals surface area contributed by atoms with Gasteiger partial charge in [0.2, 0.25) is 0 Å². The first-order chi connectivity index (χ1) is 12.9. The number of dihydropyridines is 1. The summed E-state index contributed by atoms with van der Waals surface area (Å²) in [6.45, 7) is 7.81. The van der Waals surface area contributed by atoms with E-state index in [0.717, 1.165) is 22.5 Å². The number of benzene rings is 2. The van der Waals surface area contributed by atoms with Crippen molar-refractivity contribution < 1.29 is 9.59 Å². The highest BCUT2D eigenvalue weighted by atomic mass is 16.1. The fourth-order valence-electron chi connectivity index (χ4n) is 4.20. The summed E-state index contributed by atoms with van der Waals surface area (Å²) in [7, 11) is 0. The lowest BCUT2D eigenvalue weighted by Crippen LogP contribution is -2.27. The fourth-order valence-corrected chi connectivity index (χ4v) is 4.20. The molecule has 2 aromatic rings. The lowest BCUT2D eigenvalue weighted by molar-refractivity contribution is -0.113. The first kappa shape index (κ1) is 17.5. The largest absolute Gasteiger partial charge is 0.358 e. The van der Waals surface area contributed by atoms with Gasteiger partial charge < -0.3 is 5.32 Å². The predicted octanol–water partition coefficient (Wildman–Crippen LogP) is 4.97. The Morgan fingerprint density at radius 3 is 2.22 bits per heavy atom. The van der Waals surface area contributed by atoms with Crippen LogP contribution in [0, 0.1) is 0 Å². The van der Waals surface area contributed by atoms with Gasteiger partial charge in [-0.3, -0.25) is 9.59 Å². The summed E-state index contributed by atoms with van der Waals surface area (Å²) < 4.78 is 0. The van der Waals surface area contributed by atoms with Gasteiger partial charge in [-0.05, 0) is 30.9 Å². The molecule has 0 fully saturated rings. The minimum absolute atomic E-state index is 0.00626. The van der Waals surface area contributed by atoms with Crippen LogP contribution in [0.4, 0.5) is 0 Å². The van der Waals surface area contributed by atoms with E-state index in [1.165, 1.54) is 5.56 Å². The van der Waals surface area contributed by atoms with Crippen molar-refractivity contribution in [3.05, 3.63) is 87.6 Å². The molecular weight excluding hydrogens is 334 g/mol. The van der Waals surface area contributed by atoms with Crippen molar-refractivity contribution in [2.45, 2.75) is 39.5 Å². The number of hydrogen-bond donors (Lipinski definition) is 1. The van der Waals surface area contributed by atoms with Gasteiger partial charge in [-0.1, -0.05) is 62.4 Å². The molecule has 0 amide bonds. The van der Waals surface area contributed by atoms with Crippen LogP contribution in [0.25, 0.3) is 5.70 Å². The zero-order chi connectivity index (χ0) is 19.3. The molecule has 1 heterocycles. The number of ketones is 2. The second-order valence-electron chi connectivity index (χ2n) is 7.64. The SMILES string of the molecule is CC(=O)C1=C(C)NC2=C(C(=O)c3ccccc32)C1c1ccc(C(C)C)cc1. The van der Waals surface area contributed by atoms with Gasteiger partial charge in [0.1, 0.15) is 0 Å². The molecule has 1 N–H and O–H groups in total. The van der Waals surface area contributed by atoms with Gasteiger partial charge in [-0.25, -0.2) is 0 Å². The molecule has 3 heteroatoms. The quantitative estimate of drug-likeness (QED) is 0.844.